The van der Waals surface area contributed by atoms with E-state index in [0.717, 1.165) is 30.9 Å². The van der Waals surface area contributed by atoms with Gasteiger partial charge in [-0.25, -0.2) is 14.8 Å². The SMILES string of the molecule is Cc1cc(N2CCC[C@@H]2CNC(=O)OC(C)(C)C)nc(Cl)n1. The van der Waals surface area contributed by atoms with Crippen LogP contribution in [0, 0.1) is 6.92 Å². The van der Waals surface area contributed by atoms with E-state index in [2.05, 4.69) is 20.2 Å². The summed E-state index contributed by atoms with van der Waals surface area (Å²) in [5.41, 5.74) is 0.345. The molecule has 6 nitrogen and oxygen atoms in total. The molecule has 1 aromatic heterocycles. The molecule has 7 heteroatoms. The van der Waals surface area contributed by atoms with Gasteiger partial charge in [0.15, 0.2) is 0 Å². The third-order valence-electron chi connectivity index (χ3n) is 3.37. The number of nitrogens with one attached hydrogen (secondary N) is 1. The molecule has 1 aliphatic rings. The van der Waals surface area contributed by atoms with Crippen molar-refractivity contribution in [2.45, 2.75) is 52.2 Å². The summed E-state index contributed by atoms with van der Waals surface area (Å²) in [6.45, 7) is 8.85. The zero-order valence-corrected chi connectivity index (χ0v) is 14.3. The van der Waals surface area contributed by atoms with E-state index in [9.17, 15) is 4.79 Å². The van der Waals surface area contributed by atoms with Gasteiger partial charge in [-0.15, -0.1) is 0 Å². The molecule has 0 radical (unpaired) electrons. The Labute approximate surface area is 136 Å². The van der Waals surface area contributed by atoms with Gasteiger partial charge in [-0.05, 0) is 52.1 Å². The van der Waals surface area contributed by atoms with E-state index in [-0.39, 0.29) is 11.3 Å². The van der Waals surface area contributed by atoms with Gasteiger partial charge in [-0.1, -0.05) is 0 Å². The van der Waals surface area contributed by atoms with Crippen molar-refractivity contribution in [3.63, 3.8) is 0 Å². The first-order chi connectivity index (χ1) is 10.2. The molecule has 1 N–H and O–H groups in total. The predicted octanol–water partition coefficient (Wildman–Crippen LogP) is 2.93. The smallest absolute Gasteiger partial charge is 0.407 e. The largest absolute Gasteiger partial charge is 0.444 e. The van der Waals surface area contributed by atoms with E-state index in [1.807, 2.05) is 33.8 Å². The van der Waals surface area contributed by atoms with Crippen LogP contribution in [-0.2, 0) is 4.74 Å². The molecule has 2 rings (SSSR count). The van der Waals surface area contributed by atoms with Gasteiger partial charge >= 0.3 is 6.09 Å². The molecule has 122 valence electrons. The lowest BCUT2D eigenvalue weighted by atomic mass is 10.2. The van der Waals surface area contributed by atoms with E-state index in [0.29, 0.717) is 6.54 Å². The number of carbonyl (C=O) groups excluding carboxylic acids is 1. The van der Waals surface area contributed by atoms with Crippen LogP contribution in [-0.4, -0.2) is 40.8 Å². The second kappa shape index (κ2) is 6.69. The number of hydrogen-bond donors (Lipinski definition) is 1. The third-order valence-corrected chi connectivity index (χ3v) is 3.53. The summed E-state index contributed by atoms with van der Waals surface area (Å²) < 4.78 is 5.26. The number of halogens is 1. The number of carbonyl (C=O) groups is 1. The Morgan fingerprint density at radius 2 is 2.23 bits per heavy atom. The van der Waals surface area contributed by atoms with Crippen LogP contribution in [0.5, 0.6) is 0 Å². The minimum Gasteiger partial charge on any atom is -0.444 e. The van der Waals surface area contributed by atoms with Crippen LogP contribution >= 0.6 is 11.6 Å². The highest BCUT2D eigenvalue weighted by molar-refractivity contribution is 6.28. The van der Waals surface area contributed by atoms with Crippen molar-refractivity contribution in [1.82, 2.24) is 15.3 Å². The molecule has 1 amide bonds. The fraction of sp³-hybridized carbons (Fsp3) is 0.667. The van der Waals surface area contributed by atoms with E-state index < -0.39 is 11.7 Å². The van der Waals surface area contributed by atoms with Crippen LogP contribution < -0.4 is 10.2 Å². The summed E-state index contributed by atoms with van der Waals surface area (Å²) in [5, 5.41) is 3.08. The molecule has 2 heterocycles. The maximum atomic E-state index is 11.8. The van der Waals surface area contributed by atoms with Gasteiger partial charge in [0, 0.05) is 30.9 Å². The maximum absolute atomic E-state index is 11.8. The molecule has 22 heavy (non-hydrogen) atoms. The van der Waals surface area contributed by atoms with Crippen LogP contribution in [0.25, 0.3) is 0 Å². The van der Waals surface area contributed by atoms with E-state index >= 15 is 0 Å². The molecular formula is C15H23ClN4O2. The number of ether oxygens (including phenoxy) is 1. The van der Waals surface area contributed by atoms with E-state index in [1.54, 1.807) is 0 Å². The summed E-state index contributed by atoms with van der Waals surface area (Å²) in [6.07, 6.45) is 1.66. The predicted molar refractivity (Wildman–Crippen MR) is 86.4 cm³/mol. The lowest BCUT2D eigenvalue weighted by Gasteiger charge is -2.27. The second-order valence-electron chi connectivity index (χ2n) is 6.51. The molecule has 0 unspecified atom stereocenters. The maximum Gasteiger partial charge on any atom is 0.407 e. The van der Waals surface area contributed by atoms with Gasteiger partial charge in [-0.2, -0.15) is 0 Å². The summed E-state index contributed by atoms with van der Waals surface area (Å²) in [6, 6.07) is 2.11. The topological polar surface area (TPSA) is 67.4 Å². The number of rotatable bonds is 3. The molecule has 1 aliphatic heterocycles. The highest BCUT2D eigenvalue weighted by atomic mass is 35.5. The van der Waals surface area contributed by atoms with Crippen molar-refractivity contribution in [1.29, 1.82) is 0 Å². The van der Waals surface area contributed by atoms with Crippen molar-refractivity contribution < 1.29 is 9.53 Å². The lowest BCUT2D eigenvalue weighted by molar-refractivity contribution is 0.0525. The minimum atomic E-state index is -0.489. The van der Waals surface area contributed by atoms with Crippen LogP contribution in [0.2, 0.25) is 5.28 Å². The van der Waals surface area contributed by atoms with Gasteiger partial charge in [-0.3, -0.25) is 0 Å². The lowest BCUT2D eigenvalue weighted by Crippen LogP contribution is -2.42. The highest BCUT2D eigenvalue weighted by Crippen LogP contribution is 2.25. The standard InChI is InChI=1S/C15H23ClN4O2/c1-10-8-12(19-13(16)18-10)20-7-5-6-11(20)9-17-14(21)22-15(2,3)4/h8,11H,5-7,9H2,1-4H3,(H,17,21)/t11-/m1/s1. The number of aryl methyl sites for hydroxylation is 1. The Hall–Kier alpha value is -1.56. The van der Waals surface area contributed by atoms with Crippen LogP contribution in [0.4, 0.5) is 10.6 Å². The second-order valence-corrected chi connectivity index (χ2v) is 6.85. The molecule has 0 spiro atoms. The van der Waals surface area contributed by atoms with Crippen molar-refractivity contribution in [3.8, 4) is 0 Å². The van der Waals surface area contributed by atoms with Crippen LogP contribution in [0.1, 0.15) is 39.3 Å². The number of amides is 1. The molecular weight excluding hydrogens is 304 g/mol. The Kier molecular flexibility index (Phi) is 5.11. The average molecular weight is 327 g/mol. The molecule has 1 fully saturated rings. The molecule has 1 saturated heterocycles. The van der Waals surface area contributed by atoms with E-state index in [1.165, 1.54) is 0 Å². The molecule has 0 saturated carbocycles. The van der Waals surface area contributed by atoms with Gasteiger partial charge in [0.1, 0.15) is 11.4 Å². The van der Waals surface area contributed by atoms with Crippen molar-refractivity contribution in [2.24, 2.45) is 0 Å². The number of nitrogens with zero attached hydrogens (tertiary/aromatic N) is 3. The fourth-order valence-electron chi connectivity index (χ4n) is 2.53. The average Bonchev–Trinajstić information content (AvgIpc) is 2.81. The summed E-state index contributed by atoms with van der Waals surface area (Å²) in [4.78, 5) is 22.3. The first kappa shape index (κ1) is 16.8. The quantitative estimate of drug-likeness (QED) is 0.865. The molecule has 1 aromatic rings. The van der Waals surface area contributed by atoms with Crippen molar-refractivity contribution in [2.75, 3.05) is 18.0 Å². The molecule has 0 aliphatic carbocycles. The summed E-state index contributed by atoms with van der Waals surface area (Å²) >= 11 is 5.94. The molecule has 0 aromatic carbocycles. The van der Waals surface area contributed by atoms with Gasteiger partial charge in [0.25, 0.3) is 0 Å². The summed E-state index contributed by atoms with van der Waals surface area (Å²) in [7, 11) is 0. The Morgan fingerprint density at radius 3 is 2.86 bits per heavy atom. The normalized spacial score (nSPS) is 18.4. The molecule has 1 atom stereocenters. The molecule has 0 bridgehead atoms. The van der Waals surface area contributed by atoms with Crippen molar-refractivity contribution in [3.05, 3.63) is 17.0 Å². The monoisotopic (exact) mass is 326 g/mol. The van der Waals surface area contributed by atoms with Crippen molar-refractivity contribution >= 4 is 23.5 Å². The van der Waals surface area contributed by atoms with Gasteiger partial charge in [0.2, 0.25) is 5.28 Å². The number of aromatic nitrogens is 2. The van der Waals surface area contributed by atoms with Gasteiger partial charge in [0.05, 0.1) is 0 Å². The van der Waals surface area contributed by atoms with Crippen LogP contribution in [0.15, 0.2) is 6.07 Å². The number of anilines is 1. The summed E-state index contributed by atoms with van der Waals surface area (Å²) in [5.74, 6) is 0.811. The zero-order chi connectivity index (χ0) is 16.3. The first-order valence-corrected chi connectivity index (χ1v) is 7.87. The zero-order valence-electron chi connectivity index (χ0n) is 13.5. The number of hydrogen-bond acceptors (Lipinski definition) is 5. The van der Waals surface area contributed by atoms with Gasteiger partial charge < -0.3 is 15.0 Å². The third kappa shape index (κ3) is 4.73. The number of alkyl carbamates (subject to hydrolysis) is 1. The van der Waals surface area contributed by atoms with E-state index in [4.69, 9.17) is 16.3 Å². The first-order valence-electron chi connectivity index (χ1n) is 7.49. The highest BCUT2D eigenvalue weighted by Gasteiger charge is 2.27. The Morgan fingerprint density at radius 1 is 1.50 bits per heavy atom. The fourth-order valence-corrected chi connectivity index (χ4v) is 2.75. The van der Waals surface area contributed by atoms with Crippen LogP contribution in [0.3, 0.4) is 0 Å². The Balaban J connectivity index is 1.97. The minimum absolute atomic E-state index is 0.192. The Bertz CT molecular complexity index is 525.